The highest BCUT2D eigenvalue weighted by Crippen LogP contribution is 2.27. The maximum Gasteiger partial charge on any atom is 0.407 e. The van der Waals surface area contributed by atoms with Gasteiger partial charge in [0, 0.05) is 52.2 Å². The SMILES string of the molecule is CC(C)C[C@H](NC(=O)CON=C(CSC(C)(C)C)CSC(C)(C)C)C(=O)C[C@@H](CCCNC(N)=O)C(=O)Nc1ccc(COC(=O)NCc2cn(CCOCCOCCOCCOCCOCCOCCOCCOCCOCCC(C)(C)C)nn2)cc1. The van der Waals surface area contributed by atoms with Gasteiger partial charge in [-0.05, 0) is 54.7 Å². The monoisotopic (exact) mass is 1290 g/mol. The molecule has 2 atom stereocenters. The highest BCUT2D eigenvalue weighted by Gasteiger charge is 2.29. The van der Waals surface area contributed by atoms with Crippen LogP contribution in [0.25, 0.3) is 0 Å². The minimum Gasteiger partial charge on any atom is -0.445 e. The number of rotatable bonds is 52. The lowest BCUT2D eigenvalue weighted by Crippen LogP contribution is -2.44. The summed E-state index contributed by atoms with van der Waals surface area (Å²) in [6, 6.07) is 5.16. The smallest absolute Gasteiger partial charge is 0.407 e. The number of oxime groups is 1. The molecule has 2 rings (SSSR count). The number of primary amides is 1. The Morgan fingerprint density at radius 2 is 1.15 bits per heavy atom. The van der Waals surface area contributed by atoms with Crippen LogP contribution in [0.15, 0.2) is 35.6 Å². The number of nitrogens with two attached hydrogens (primary N) is 1. The molecule has 0 bridgehead atoms. The number of carbonyl (C=O) groups excluding carboxylic acids is 5. The molecule has 0 aliphatic heterocycles. The molecule has 0 saturated heterocycles. The topological polar surface area (TPSA) is 304 Å². The van der Waals surface area contributed by atoms with E-state index in [-0.39, 0.29) is 65.8 Å². The van der Waals surface area contributed by atoms with Crippen LogP contribution >= 0.6 is 23.5 Å². The summed E-state index contributed by atoms with van der Waals surface area (Å²) in [5.41, 5.74) is 8.00. The number of hydrogen-bond donors (Lipinski definition) is 5. The average Bonchev–Trinajstić information content (AvgIpc) is 3.15. The largest absolute Gasteiger partial charge is 0.445 e. The number of hydrogen-bond acceptors (Lipinski definition) is 21. The number of urea groups is 1. The molecule has 5 amide bonds. The molecule has 27 heteroatoms. The zero-order chi connectivity index (χ0) is 64.9. The number of carbonyl (C=O) groups is 5. The summed E-state index contributed by atoms with van der Waals surface area (Å²) in [7, 11) is 0. The summed E-state index contributed by atoms with van der Waals surface area (Å²) in [6.07, 6.45) is 2.87. The normalized spacial score (nSPS) is 12.6. The number of benzene rings is 1. The van der Waals surface area contributed by atoms with E-state index in [0.29, 0.717) is 160 Å². The number of Topliss-reactive ketones (excluding diaryl/α,β-unsaturated/α-hetero) is 1. The molecule has 504 valence electrons. The Morgan fingerprint density at radius 3 is 1.61 bits per heavy atom. The predicted octanol–water partition coefficient (Wildman–Crippen LogP) is 7.22. The Balaban J connectivity index is 1.61. The standard InChI is InChI=1S/C61H107N9O16S2/c1-47(2)39-53(66-55(72)44-86-68-52(45-87-60(6,7)8)46-88-61(9,10)11)54(71)40-49(13-12-19-63-57(62)74)56(73)65-50-16-14-48(15-17-50)43-85-58(75)64-41-51-42-70(69-67-51)20-22-77-24-26-79-28-30-81-32-34-83-36-38-84-37-35-82-33-31-80-29-27-78-25-23-76-21-18-59(3,4)5/h14-17,42,47,49,53H,12-13,18-41,43-46H2,1-11H3,(H,64,75)(H,65,73)(H,66,72)(H3,62,63,74)/t49-,53+/m1/s1. The summed E-state index contributed by atoms with van der Waals surface area (Å²) in [5.74, 6) is -0.693. The number of amides is 5. The summed E-state index contributed by atoms with van der Waals surface area (Å²) in [4.78, 5) is 70.3. The number of alkyl carbamates (subject to hydrolysis) is 1. The van der Waals surface area contributed by atoms with E-state index in [9.17, 15) is 24.0 Å². The summed E-state index contributed by atoms with van der Waals surface area (Å²) >= 11 is 3.48. The van der Waals surface area contributed by atoms with E-state index in [1.165, 1.54) is 0 Å². The van der Waals surface area contributed by atoms with E-state index in [2.05, 4.69) is 99.0 Å². The fourth-order valence-electron chi connectivity index (χ4n) is 7.34. The third-order valence-electron chi connectivity index (χ3n) is 12.0. The number of aromatic nitrogens is 3. The highest BCUT2D eigenvalue weighted by molar-refractivity contribution is 8.02. The molecule has 0 fully saturated rings. The molecule has 1 aromatic heterocycles. The van der Waals surface area contributed by atoms with Crippen molar-refractivity contribution < 1.29 is 76.2 Å². The number of ether oxygens (including phenoxy) is 10. The van der Waals surface area contributed by atoms with Crippen LogP contribution in [0, 0.1) is 17.3 Å². The number of thioether (sulfide) groups is 2. The van der Waals surface area contributed by atoms with Gasteiger partial charge in [0.1, 0.15) is 12.3 Å². The first-order valence-corrected chi connectivity index (χ1v) is 32.5. The van der Waals surface area contributed by atoms with Gasteiger partial charge in [0.2, 0.25) is 5.91 Å². The summed E-state index contributed by atoms with van der Waals surface area (Å²) < 4.78 is 57.0. The first-order valence-electron chi connectivity index (χ1n) is 30.6. The average molecular weight is 1290 g/mol. The van der Waals surface area contributed by atoms with Crippen LogP contribution < -0.4 is 27.0 Å². The quantitative estimate of drug-likeness (QED) is 0.0248. The van der Waals surface area contributed by atoms with Crippen LogP contribution in [0.2, 0.25) is 0 Å². The summed E-state index contributed by atoms with van der Waals surface area (Å²) in [5, 5.41) is 23.4. The molecule has 1 aromatic carbocycles. The molecule has 0 saturated carbocycles. The van der Waals surface area contributed by atoms with E-state index < -0.39 is 35.9 Å². The van der Waals surface area contributed by atoms with E-state index in [4.69, 9.17) is 57.9 Å². The van der Waals surface area contributed by atoms with Gasteiger partial charge in [0.25, 0.3) is 5.91 Å². The number of nitrogens with one attached hydrogen (secondary N) is 4. The van der Waals surface area contributed by atoms with E-state index in [1.54, 1.807) is 58.7 Å². The second-order valence-electron chi connectivity index (χ2n) is 24.2. The van der Waals surface area contributed by atoms with Gasteiger partial charge in [-0.25, -0.2) is 14.3 Å². The van der Waals surface area contributed by atoms with Crippen molar-refractivity contribution in [3.05, 3.63) is 41.7 Å². The van der Waals surface area contributed by atoms with Crippen molar-refractivity contribution >= 4 is 64.6 Å². The fraction of sp³-hybridized carbons (Fsp3) is 0.770. The first-order chi connectivity index (χ1) is 41.9. The van der Waals surface area contributed by atoms with Gasteiger partial charge < -0.3 is 79.2 Å². The van der Waals surface area contributed by atoms with E-state index in [1.807, 2.05) is 13.8 Å². The lowest BCUT2D eigenvalue weighted by molar-refractivity contribution is -0.132. The Kier molecular flexibility index (Phi) is 42.7. The first kappa shape index (κ1) is 79.4. The van der Waals surface area contributed by atoms with Crippen molar-refractivity contribution in [2.75, 3.05) is 149 Å². The van der Waals surface area contributed by atoms with Gasteiger partial charge in [-0.3, -0.25) is 14.4 Å². The Morgan fingerprint density at radius 1 is 0.659 bits per heavy atom. The number of nitrogens with zero attached hydrogens (tertiary/aromatic N) is 4. The highest BCUT2D eigenvalue weighted by atomic mass is 32.2. The number of ketones is 1. The van der Waals surface area contributed by atoms with Crippen molar-refractivity contribution in [3.8, 4) is 0 Å². The van der Waals surface area contributed by atoms with Gasteiger partial charge in [0.15, 0.2) is 12.4 Å². The zero-order valence-corrected chi connectivity index (χ0v) is 56.2. The molecule has 0 unspecified atom stereocenters. The van der Waals surface area contributed by atoms with Gasteiger partial charge in [0.05, 0.1) is 143 Å². The lowest BCUT2D eigenvalue weighted by atomic mass is 9.90. The van der Waals surface area contributed by atoms with Crippen molar-refractivity contribution in [2.24, 2.45) is 28.1 Å². The number of anilines is 1. The van der Waals surface area contributed by atoms with Crippen molar-refractivity contribution in [1.29, 1.82) is 0 Å². The predicted molar refractivity (Wildman–Crippen MR) is 343 cm³/mol. The second kappa shape index (κ2) is 47.3. The maximum atomic E-state index is 13.9. The summed E-state index contributed by atoms with van der Waals surface area (Å²) in [6.45, 7) is 32.4. The molecule has 88 heavy (non-hydrogen) atoms. The van der Waals surface area contributed by atoms with Crippen LogP contribution in [0.5, 0.6) is 0 Å². The third kappa shape index (κ3) is 46.4. The van der Waals surface area contributed by atoms with Crippen molar-refractivity contribution in [1.82, 2.24) is 30.9 Å². The molecular formula is C61H107N9O16S2. The fourth-order valence-corrected chi connectivity index (χ4v) is 8.98. The van der Waals surface area contributed by atoms with Gasteiger partial charge >= 0.3 is 12.1 Å². The molecule has 0 spiro atoms. The molecule has 2 aromatic rings. The van der Waals surface area contributed by atoms with Gasteiger partial charge in [-0.15, -0.1) is 28.6 Å². The lowest BCUT2D eigenvalue weighted by Gasteiger charge is -2.23. The zero-order valence-electron chi connectivity index (χ0n) is 54.5. The van der Waals surface area contributed by atoms with Crippen LogP contribution in [-0.2, 0) is 86.3 Å². The molecule has 25 nitrogen and oxygen atoms in total. The Hall–Kier alpha value is -4.68. The van der Waals surface area contributed by atoms with E-state index in [0.717, 1.165) is 18.7 Å². The molecule has 0 aliphatic carbocycles. The van der Waals surface area contributed by atoms with Crippen LogP contribution in [0.1, 0.15) is 120 Å². The second-order valence-corrected chi connectivity index (χ2v) is 27.8. The van der Waals surface area contributed by atoms with Crippen LogP contribution in [0.3, 0.4) is 0 Å². The molecule has 6 N–H and O–H groups in total. The van der Waals surface area contributed by atoms with Gasteiger partial charge in [-0.2, -0.15) is 0 Å². The van der Waals surface area contributed by atoms with Crippen molar-refractivity contribution in [3.63, 3.8) is 0 Å². The van der Waals surface area contributed by atoms with Gasteiger partial charge in [-0.1, -0.05) is 98.7 Å². The third-order valence-corrected chi connectivity index (χ3v) is 14.7. The Labute approximate surface area is 531 Å². The van der Waals surface area contributed by atoms with E-state index >= 15 is 0 Å². The Bertz CT molecular complexity index is 2210. The molecular weight excluding hydrogens is 1180 g/mol. The van der Waals surface area contributed by atoms with Crippen LogP contribution in [0.4, 0.5) is 15.3 Å². The minimum atomic E-state index is -0.873. The van der Waals surface area contributed by atoms with Crippen molar-refractivity contribution in [2.45, 2.75) is 143 Å². The minimum absolute atomic E-state index is 0.0149. The molecule has 0 aliphatic rings. The maximum absolute atomic E-state index is 13.9. The van der Waals surface area contributed by atoms with Crippen LogP contribution in [-0.4, -0.2) is 210 Å². The molecule has 1 heterocycles. The molecule has 0 radical (unpaired) electrons.